The van der Waals surface area contributed by atoms with E-state index >= 15 is 0 Å². The van der Waals surface area contributed by atoms with E-state index in [0.717, 1.165) is 32.1 Å². The van der Waals surface area contributed by atoms with E-state index in [2.05, 4.69) is 13.8 Å². The molecule has 6 heteroatoms. The first-order chi connectivity index (χ1) is 12.9. The summed E-state index contributed by atoms with van der Waals surface area (Å²) >= 11 is 0. The normalized spacial score (nSPS) is 13.9. The average Bonchev–Trinajstić information content (AvgIpc) is 2.61. The molecule has 0 aromatic rings. The first-order valence-electron chi connectivity index (χ1n) is 11.6. The molecule has 0 rings (SSSR count). The van der Waals surface area contributed by atoms with Gasteiger partial charge in [-0.25, -0.2) is 8.42 Å². The van der Waals surface area contributed by atoms with Gasteiger partial charge in [-0.1, -0.05) is 117 Å². The first kappa shape index (κ1) is 31.7. The predicted molar refractivity (Wildman–Crippen MR) is 114 cm³/mol. The van der Waals surface area contributed by atoms with E-state index in [1.165, 1.54) is 64.2 Å². The van der Waals surface area contributed by atoms with Crippen molar-refractivity contribution in [1.82, 2.24) is 0 Å². The topological polar surface area (TPSA) is 77.4 Å². The van der Waals surface area contributed by atoms with Crippen LogP contribution in [-0.2, 0) is 10.1 Å². The quantitative estimate of drug-likeness (QED) is 0.177. The van der Waals surface area contributed by atoms with Crippen molar-refractivity contribution in [2.24, 2.45) is 0 Å². The van der Waals surface area contributed by atoms with Crippen LogP contribution in [0, 0.1) is 0 Å². The summed E-state index contributed by atoms with van der Waals surface area (Å²) in [5.74, 6) is 0. The minimum absolute atomic E-state index is 0. The molecule has 0 aliphatic rings. The van der Waals surface area contributed by atoms with Gasteiger partial charge in [0.1, 0.15) is 10.1 Å². The molecule has 0 aliphatic heterocycles. The van der Waals surface area contributed by atoms with Crippen LogP contribution >= 0.6 is 0 Å². The fraction of sp³-hybridized carbons (Fsp3) is 1.00. The Labute approximate surface area is 218 Å². The number of aliphatic hydroxyl groups is 1. The molecule has 0 radical (unpaired) electrons. The molecule has 4 nitrogen and oxygen atoms in total. The second-order valence-electron chi connectivity index (χ2n) is 8.13. The summed E-state index contributed by atoms with van der Waals surface area (Å²) < 4.78 is 34.6. The zero-order valence-corrected chi connectivity index (χ0v) is 22.9. The Hall–Kier alpha value is 1.51. The van der Waals surface area contributed by atoms with E-state index in [-0.39, 0.29) is 51.4 Å². The minimum Gasteiger partial charge on any atom is -0.748 e. The van der Waals surface area contributed by atoms with Crippen molar-refractivity contribution in [3.8, 4) is 0 Å². The molecule has 0 spiro atoms. The average molecular weight is 445 g/mol. The van der Waals surface area contributed by atoms with E-state index in [1.807, 2.05) is 0 Å². The van der Waals surface area contributed by atoms with Crippen molar-refractivity contribution in [2.45, 2.75) is 141 Å². The molecule has 28 heavy (non-hydrogen) atoms. The van der Waals surface area contributed by atoms with E-state index in [0.29, 0.717) is 19.3 Å². The summed E-state index contributed by atoms with van der Waals surface area (Å²) in [7, 11) is -4.43. The third-order valence-corrected chi connectivity index (χ3v) is 6.79. The van der Waals surface area contributed by atoms with Crippen LogP contribution in [0.5, 0.6) is 0 Å². The second kappa shape index (κ2) is 21.7. The van der Waals surface area contributed by atoms with Crippen molar-refractivity contribution >= 4 is 10.1 Å². The molecule has 0 aromatic heterocycles. The molecule has 0 saturated carbocycles. The largest absolute Gasteiger partial charge is 1.00 e. The number of unbranched alkanes of at least 4 members (excludes halogenated alkanes) is 14. The van der Waals surface area contributed by atoms with Gasteiger partial charge >= 0.3 is 51.4 Å². The monoisotopic (exact) mass is 444 g/mol. The van der Waals surface area contributed by atoms with E-state index in [1.54, 1.807) is 0 Å². The van der Waals surface area contributed by atoms with E-state index in [4.69, 9.17) is 0 Å². The van der Waals surface area contributed by atoms with Crippen LogP contribution < -0.4 is 51.4 Å². The SMILES string of the molecule is CCCCCCCCCCC(O)C(CCCCCCCCCC)S(=O)(=O)[O-].[K+]. The summed E-state index contributed by atoms with van der Waals surface area (Å²) in [5, 5.41) is 9.11. The van der Waals surface area contributed by atoms with Gasteiger partial charge in [-0.3, -0.25) is 0 Å². The number of rotatable bonds is 20. The third-order valence-electron chi connectivity index (χ3n) is 5.50. The van der Waals surface area contributed by atoms with Gasteiger partial charge in [-0.2, -0.15) is 0 Å². The van der Waals surface area contributed by atoms with Gasteiger partial charge in [0.25, 0.3) is 0 Å². The Morgan fingerprint density at radius 1 is 0.643 bits per heavy atom. The Morgan fingerprint density at radius 3 is 1.32 bits per heavy atom. The fourth-order valence-corrected chi connectivity index (χ4v) is 4.66. The summed E-state index contributed by atoms with van der Waals surface area (Å²) in [6.45, 7) is 4.40. The maximum atomic E-state index is 11.5. The minimum atomic E-state index is -4.43. The van der Waals surface area contributed by atoms with Gasteiger partial charge < -0.3 is 9.66 Å². The van der Waals surface area contributed by atoms with Crippen LogP contribution in [-0.4, -0.2) is 29.4 Å². The summed E-state index contributed by atoms with van der Waals surface area (Å²) in [6.07, 6.45) is 17.9. The molecule has 1 N–H and O–H groups in total. The van der Waals surface area contributed by atoms with Gasteiger partial charge in [0, 0.05) is 0 Å². The molecule has 0 amide bonds. The van der Waals surface area contributed by atoms with E-state index < -0.39 is 21.5 Å². The van der Waals surface area contributed by atoms with Crippen LogP contribution in [0.1, 0.15) is 129 Å². The smallest absolute Gasteiger partial charge is 0.748 e. The Kier molecular flexibility index (Phi) is 24.6. The Bertz CT molecular complexity index is 415. The van der Waals surface area contributed by atoms with Crippen molar-refractivity contribution < 1.29 is 69.5 Å². The van der Waals surface area contributed by atoms with Crippen LogP contribution in [0.4, 0.5) is 0 Å². The molecule has 0 saturated heterocycles. The molecule has 0 aliphatic carbocycles. The molecule has 164 valence electrons. The van der Waals surface area contributed by atoms with Gasteiger partial charge in [0.05, 0.1) is 11.4 Å². The van der Waals surface area contributed by atoms with Crippen LogP contribution in [0.2, 0.25) is 0 Å². The molecular weight excluding hydrogens is 399 g/mol. The van der Waals surface area contributed by atoms with Gasteiger partial charge in [0.15, 0.2) is 0 Å². The van der Waals surface area contributed by atoms with Gasteiger partial charge in [-0.05, 0) is 12.8 Å². The Morgan fingerprint density at radius 2 is 0.964 bits per heavy atom. The molecule has 0 aromatic carbocycles. The fourth-order valence-electron chi connectivity index (χ4n) is 3.68. The maximum Gasteiger partial charge on any atom is 1.00 e. The van der Waals surface area contributed by atoms with Crippen molar-refractivity contribution in [2.75, 3.05) is 0 Å². The van der Waals surface area contributed by atoms with Gasteiger partial charge in [-0.15, -0.1) is 0 Å². The summed E-state index contributed by atoms with van der Waals surface area (Å²) in [6, 6.07) is 0. The summed E-state index contributed by atoms with van der Waals surface area (Å²) in [4.78, 5) is 0. The van der Waals surface area contributed by atoms with Gasteiger partial charge in [0.2, 0.25) is 0 Å². The molecule has 0 fully saturated rings. The van der Waals surface area contributed by atoms with Crippen LogP contribution in [0.15, 0.2) is 0 Å². The molecule has 2 atom stereocenters. The van der Waals surface area contributed by atoms with Crippen LogP contribution in [0.3, 0.4) is 0 Å². The molecular formula is C22H45KO4S. The predicted octanol–water partition coefficient (Wildman–Crippen LogP) is 3.33. The molecule has 2 unspecified atom stereocenters. The van der Waals surface area contributed by atoms with Crippen molar-refractivity contribution in [1.29, 1.82) is 0 Å². The first-order valence-corrected chi connectivity index (χ1v) is 13.0. The molecule has 0 bridgehead atoms. The Balaban J connectivity index is 0. The summed E-state index contributed by atoms with van der Waals surface area (Å²) in [5.41, 5.74) is 0. The zero-order chi connectivity index (χ0) is 20.4. The molecule has 0 heterocycles. The standard InChI is InChI=1S/C22H46O4S.K/c1-3-5-7-9-11-13-15-17-19-21(23)22(27(24,25)26)20-18-16-14-12-10-8-6-4-2;/h21-23H,3-20H2,1-2H3,(H,24,25,26);/q;+1/p-1. The van der Waals surface area contributed by atoms with Crippen molar-refractivity contribution in [3.63, 3.8) is 0 Å². The number of hydrogen-bond acceptors (Lipinski definition) is 4. The maximum absolute atomic E-state index is 11.5. The number of hydrogen-bond donors (Lipinski definition) is 1. The third kappa shape index (κ3) is 19.5. The van der Waals surface area contributed by atoms with E-state index in [9.17, 15) is 18.1 Å². The van der Waals surface area contributed by atoms with Crippen molar-refractivity contribution in [3.05, 3.63) is 0 Å². The second-order valence-corrected chi connectivity index (χ2v) is 9.72. The van der Waals surface area contributed by atoms with Crippen LogP contribution in [0.25, 0.3) is 0 Å². The zero-order valence-electron chi connectivity index (χ0n) is 19.0. The number of aliphatic hydroxyl groups excluding tert-OH is 1.